The Hall–Kier alpha value is -3.87. The maximum atomic E-state index is 12.4. The number of para-hydroxylation sites is 1. The second kappa shape index (κ2) is 7.57. The molecule has 0 saturated heterocycles. The van der Waals surface area contributed by atoms with Gasteiger partial charge in [0, 0.05) is 49.3 Å². The molecule has 3 aromatic heterocycles. The van der Waals surface area contributed by atoms with Crippen molar-refractivity contribution in [3.05, 3.63) is 91.0 Å². The maximum Gasteiger partial charge on any atom is 0.254 e. The van der Waals surface area contributed by atoms with Gasteiger partial charge in [0.25, 0.3) is 5.91 Å². The molecule has 0 fully saturated rings. The first-order valence-electron chi connectivity index (χ1n) is 8.38. The van der Waals surface area contributed by atoms with E-state index in [9.17, 15) is 4.79 Å². The third-order valence-corrected chi connectivity index (χ3v) is 4.05. The average molecular weight is 356 g/mol. The van der Waals surface area contributed by atoms with Crippen LogP contribution in [0.25, 0.3) is 17.1 Å². The van der Waals surface area contributed by atoms with E-state index < -0.39 is 0 Å². The van der Waals surface area contributed by atoms with Gasteiger partial charge in [-0.05, 0) is 23.8 Å². The van der Waals surface area contributed by atoms with Crippen LogP contribution in [0.1, 0.15) is 15.9 Å². The Bertz CT molecular complexity index is 1030. The summed E-state index contributed by atoms with van der Waals surface area (Å²) >= 11 is 0. The molecule has 1 N–H and O–H groups in total. The third kappa shape index (κ3) is 3.72. The summed E-state index contributed by atoms with van der Waals surface area (Å²) in [6.45, 7) is 0.386. The fourth-order valence-corrected chi connectivity index (χ4v) is 2.68. The first kappa shape index (κ1) is 16.6. The lowest BCUT2D eigenvalue weighted by Gasteiger charge is -2.11. The number of nitrogens with one attached hydrogen (secondary N) is 1. The largest absolute Gasteiger partial charge is 0.348 e. The molecular formula is C20H16N6O. The number of hydrogen-bond donors (Lipinski definition) is 1. The molecule has 0 saturated carbocycles. The number of amides is 1. The van der Waals surface area contributed by atoms with Crippen molar-refractivity contribution in [1.82, 2.24) is 29.8 Å². The van der Waals surface area contributed by atoms with Gasteiger partial charge in [-0.3, -0.25) is 9.78 Å². The molecule has 4 aromatic rings. The molecule has 132 valence electrons. The number of aromatic nitrogens is 5. The summed E-state index contributed by atoms with van der Waals surface area (Å²) < 4.78 is 1.91. The third-order valence-electron chi connectivity index (χ3n) is 4.05. The van der Waals surface area contributed by atoms with Crippen LogP contribution in [-0.2, 0) is 6.54 Å². The summed E-state index contributed by atoms with van der Waals surface area (Å²) in [6, 6.07) is 11.5. The molecule has 4 rings (SSSR count). The van der Waals surface area contributed by atoms with Crippen molar-refractivity contribution < 1.29 is 4.79 Å². The van der Waals surface area contributed by atoms with E-state index in [0.29, 0.717) is 17.9 Å². The van der Waals surface area contributed by atoms with Crippen LogP contribution in [0, 0.1) is 0 Å². The highest BCUT2D eigenvalue weighted by Gasteiger charge is 2.10. The van der Waals surface area contributed by atoms with Gasteiger partial charge in [0.2, 0.25) is 0 Å². The maximum absolute atomic E-state index is 12.4. The highest BCUT2D eigenvalue weighted by Crippen LogP contribution is 2.15. The fraction of sp³-hybridized carbons (Fsp3) is 0.0500. The van der Waals surface area contributed by atoms with Gasteiger partial charge in [-0.1, -0.05) is 18.2 Å². The quantitative estimate of drug-likeness (QED) is 0.594. The molecule has 0 bridgehead atoms. The van der Waals surface area contributed by atoms with E-state index in [0.717, 1.165) is 16.8 Å². The summed E-state index contributed by atoms with van der Waals surface area (Å²) in [7, 11) is 0. The van der Waals surface area contributed by atoms with Crippen molar-refractivity contribution in [3.63, 3.8) is 0 Å². The monoisotopic (exact) mass is 356 g/mol. The lowest BCUT2D eigenvalue weighted by Crippen LogP contribution is -2.23. The number of rotatable bonds is 5. The summed E-state index contributed by atoms with van der Waals surface area (Å²) in [6.07, 6.45) is 11.7. The molecular weight excluding hydrogens is 340 g/mol. The number of pyridine rings is 1. The van der Waals surface area contributed by atoms with Crippen LogP contribution in [-0.4, -0.2) is 30.4 Å². The van der Waals surface area contributed by atoms with Crippen LogP contribution < -0.4 is 5.32 Å². The van der Waals surface area contributed by atoms with Crippen molar-refractivity contribution in [1.29, 1.82) is 0 Å². The Morgan fingerprint density at radius 3 is 2.56 bits per heavy atom. The Morgan fingerprint density at radius 2 is 1.81 bits per heavy atom. The van der Waals surface area contributed by atoms with Crippen molar-refractivity contribution in [2.24, 2.45) is 0 Å². The van der Waals surface area contributed by atoms with E-state index in [-0.39, 0.29) is 5.91 Å². The minimum atomic E-state index is -0.229. The van der Waals surface area contributed by atoms with Crippen LogP contribution in [0.15, 0.2) is 79.9 Å². The Labute approximate surface area is 155 Å². The SMILES string of the molecule is O=C(NCc1ccccc1-n1ccnc1)c1cnc(-c2cccnc2)nc1. The first-order chi connectivity index (χ1) is 13.3. The van der Waals surface area contributed by atoms with Crippen LogP contribution in [0.5, 0.6) is 0 Å². The number of nitrogens with zero attached hydrogens (tertiary/aromatic N) is 5. The van der Waals surface area contributed by atoms with E-state index in [4.69, 9.17) is 0 Å². The summed E-state index contributed by atoms with van der Waals surface area (Å²) in [4.78, 5) is 29.1. The van der Waals surface area contributed by atoms with Gasteiger partial charge in [0.1, 0.15) is 0 Å². The highest BCUT2D eigenvalue weighted by molar-refractivity contribution is 5.93. The summed E-state index contributed by atoms with van der Waals surface area (Å²) in [5.74, 6) is 0.304. The van der Waals surface area contributed by atoms with Gasteiger partial charge in [-0.15, -0.1) is 0 Å². The van der Waals surface area contributed by atoms with E-state index in [1.165, 1.54) is 12.4 Å². The molecule has 0 unspecified atom stereocenters. The van der Waals surface area contributed by atoms with Gasteiger partial charge >= 0.3 is 0 Å². The van der Waals surface area contributed by atoms with E-state index in [1.54, 1.807) is 24.9 Å². The highest BCUT2D eigenvalue weighted by atomic mass is 16.1. The molecule has 0 spiro atoms. The molecule has 0 aliphatic heterocycles. The van der Waals surface area contributed by atoms with Gasteiger partial charge < -0.3 is 9.88 Å². The van der Waals surface area contributed by atoms with Crippen LogP contribution >= 0.6 is 0 Å². The lowest BCUT2D eigenvalue weighted by molar-refractivity contribution is 0.0950. The number of carbonyl (C=O) groups excluding carboxylic acids is 1. The second-order valence-corrected chi connectivity index (χ2v) is 5.82. The topological polar surface area (TPSA) is 85.6 Å². The predicted molar refractivity (Wildman–Crippen MR) is 100.0 cm³/mol. The molecule has 0 aliphatic carbocycles. The van der Waals surface area contributed by atoms with Crippen molar-refractivity contribution in [3.8, 4) is 17.1 Å². The van der Waals surface area contributed by atoms with E-state index in [1.807, 2.05) is 47.2 Å². The van der Waals surface area contributed by atoms with E-state index in [2.05, 4.69) is 25.3 Å². The molecule has 1 amide bonds. The number of carbonyl (C=O) groups is 1. The first-order valence-corrected chi connectivity index (χ1v) is 8.38. The zero-order chi connectivity index (χ0) is 18.5. The predicted octanol–water partition coefficient (Wildman–Crippen LogP) is 2.65. The summed E-state index contributed by atoms with van der Waals surface area (Å²) in [5.41, 5.74) is 3.16. The molecule has 0 aliphatic rings. The van der Waals surface area contributed by atoms with Crippen LogP contribution in [0.4, 0.5) is 0 Å². The van der Waals surface area contributed by atoms with Gasteiger partial charge in [0.15, 0.2) is 5.82 Å². The van der Waals surface area contributed by atoms with Crippen LogP contribution in [0.3, 0.4) is 0 Å². The van der Waals surface area contributed by atoms with Crippen LogP contribution in [0.2, 0.25) is 0 Å². The number of hydrogen-bond acceptors (Lipinski definition) is 5. The molecule has 7 nitrogen and oxygen atoms in total. The Morgan fingerprint density at radius 1 is 0.963 bits per heavy atom. The number of benzene rings is 1. The van der Waals surface area contributed by atoms with Crippen molar-refractivity contribution in [2.75, 3.05) is 0 Å². The lowest BCUT2D eigenvalue weighted by atomic mass is 10.1. The fourth-order valence-electron chi connectivity index (χ4n) is 2.68. The smallest absolute Gasteiger partial charge is 0.254 e. The minimum Gasteiger partial charge on any atom is -0.348 e. The molecule has 1 aromatic carbocycles. The minimum absolute atomic E-state index is 0.229. The van der Waals surface area contributed by atoms with Crippen molar-refractivity contribution in [2.45, 2.75) is 6.54 Å². The average Bonchev–Trinajstić information content (AvgIpc) is 3.28. The van der Waals surface area contributed by atoms with E-state index >= 15 is 0 Å². The molecule has 0 radical (unpaired) electrons. The molecule has 0 atom stereocenters. The standard InChI is InChI=1S/C20H16N6O/c27-20(17-12-23-19(24-13-17)16-5-3-7-21-10-16)25-11-15-4-1-2-6-18(15)26-9-8-22-14-26/h1-10,12-14H,11H2,(H,25,27). The van der Waals surface area contributed by atoms with Crippen molar-refractivity contribution >= 4 is 5.91 Å². The Balaban J connectivity index is 1.46. The number of imidazole rings is 1. The van der Waals surface area contributed by atoms with Gasteiger partial charge in [0.05, 0.1) is 17.6 Å². The molecule has 27 heavy (non-hydrogen) atoms. The second-order valence-electron chi connectivity index (χ2n) is 5.82. The molecule has 3 heterocycles. The zero-order valence-electron chi connectivity index (χ0n) is 14.4. The van der Waals surface area contributed by atoms with Gasteiger partial charge in [-0.25, -0.2) is 15.0 Å². The zero-order valence-corrected chi connectivity index (χ0v) is 14.4. The summed E-state index contributed by atoms with van der Waals surface area (Å²) in [5, 5.41) is 2.91. The van der Waals surface area contributed by atoms with Gasteiger partial charge in [-0.2, -0.15) is 0 Å². The molecule has 7 heteroatoms. The normalized spacial score (nSPS) is 10.5. The Kier molecular flexibility index (Phi) is 4.65.